The topological polar surface area (TPSA) is 15.3 Å². The molecule has 0 unspecified atom stereocenters. The number of hydrogen-bond acceptors (Lipinski definition) is 2. The Kier molecular flexibility index (Phi) is 3.83. The van der Waals surface area contributed by atoms with E-state index >= 15 is 0 Å². The van der Waals surface area contributed by atoms with E-state index in [1.165, 1.54) is 0 Å². The van der Waals surface area contributed by atoms with Crippen molar-refractivity contribution in [3.63, 3.8) is 0 Å². The fourth-order valence-corrected chi connectivity index (χ4v) is 0.639. The highest BCUT2D eigenvalue weighted by atomic mass is 15.1. The summed E-state index contributed by atoms with van der Waals surface area (Å²) in [6, 6.07) is 0.602. The first-order valence-corrected chi connectivity index (χ1v) is 2.98. The molecule has 0 aromatic heterocycles. The van der Waals surface area contributed by atoms with Crippen LogP contribution in [-0.4, -0.2) is 38.6 Å². The van der Waals surface area contributed by atoms with Crippen LogP contribution in [0.15, 0.2) is 0 Å². The molecule has 2 heteroatoms. The fourth-order valence-electron chi connectivity index (χ4n) is 0.639. The zero-order valence-electron chi connectivity index (χ0n) is 6.23. The maximum absolute atomic E-state index is 3.15. The fraction of sp³-hybridized carbons (Fsp3) is 1.00. The van der Waals surface area contributed by atoms with Gasteiger partial charge in [0.1, 0.15) is 0 Å². The molecule has 1 atom stereocenters. The highest BCUT2D eigenvalue weighted by Gasteiger charge is 1.96. The lowest BCUT2D eigenvalue weighted by molar-refractivity contribution is 0.360. The largest absolute Gasteiger partial charge is 0.316 e. The highest BCUT2D eigenvalue weighted by molar-refractivity contribution is 4.58. The lowest BCUT2D eigenvalue weighted by Crippen LogP contribution is -2.33. The van der Waals surface area contributed by atoms with Crippen LogP contribution in [0.25, 0.3) is 0 Å². The van der Waals surface area contributed by atoms with Crippen molar-refractivity contribution in [1.82, 2.24) is 10.2 Å². The monoisotopic (exact) mass is 116 g/mol. The van der Waals surface area contributed by atoms with Gasteiger partial charge in [0.15, 0.2) is 0 Å². The van der Waals surface area contributed by atoms with E-state index in [4.69, 9.17) is 0 Å². The van der Waals surface area contributed by atoms with Gasteiger partial charge in [0, 0.05) is 12.6 Å². The predicted octanol–water partition coefficient (Wildman–Crippen LogP) is 0.156. The Morgan fingerprint density at radius 3 is 2.12 bits per heavy atom. The van der Waals surface area contributed by atoms with Gasteiger partial charge in [-0.05, 0) is 28.1 Å². The van der Waals surface area contributed by atoms with Crippen LogP contribution in [0.2, 0.25) is 0 Å². The lowest BCUT2D eigenvalue weighted by Gasteiger charge is -2.15. The summed E-state index contributed by atoms with van der Waals surface area (Å²) in [5.74, 6) is 0. The summed E-state index contributed by atoms with van der Waals surface area (Å²) in [7, 11) is 6.13. The second-order valence-corrected chi connectivity index (χ2v) is 2.45. The molecule has 0 aromatic carbocycles. The van der Waals surface area contributed by atoms with Gasteiger partial charge >= 0.3 is 0 Å². The van der Waals surface area contributed by atoms with Gasteiger partial charge in [0.05, 0.1) is 0 Å². The smallest absolute Gasteiger partial charge is 0.0163 e. The molecule has 0 saturated carbocycles. The van der Waals surface area contributed by atoms with Crippen molar-refractivity contribution >= 4 is 0 Å². The molecule has 0 heterocycles. The summed E-state index contributed by atoms with van der Waals surface area (Å²) in [5.41, 5.74) is 0. The maximum atomic E-state index is 3.15. The molecular formula is C6H16N2. The molecule has 2 nitrogen and oxygen atoms in total. The van der Waals surface area contributed by atoms with Crippen LogP contribution < -0.4 is 5.32 Å². The van der Waals surface area contributed by atoms with Crippen LogP contribution in [0.4, 0.5) is 0 Å². The summed E-state index contributed by atoms with van der Waals surface area (Å²) in [6.45, 7) is 3.27. The van der Waals surface area contributed by atoms with Crippen molar-refractivity contribution in [2.75, 3.05) is 27.7 Å². The van der Waals surface area contributed by atoms with Crippen LogP contribution >= 0.6 is 0 Å². The first-order valence-electron chi connectivity index (χ1n) is 2.98. The Balaban J connectivity index is 3.10. The quantitative estimate of drug-likeness (QED) is 0.565. The molecule has 0 aromatic rings. The van der Waals surface area contributed by atoms with Crippen LogP contribution in [0.5, 0.6) is 0 Å². The minimum Gasteiger partial charge on any atom is -0.316 e. The number of likely N-dealkylation sites (N-methyl/N-ethyl adjacent to an activating group) is 2. The third kappa shape index (κ3) is 4.09. The summed E-state index contributed by atoms with van der Waals surface area (Å²) in [4.78, 5) is 2.17. The Hall–Kier alpha value is -0.0800. The second-order valence-electron chi connectivity index (χ2n) is 2.45. The Labute approximate surface area is 51.9 Å². The van der Waals surface area contributed by atoms with E-state index in [9.17, 15) is 0 Å². The molecule has 0 saturated heterocycles. The molecule has 1 N–H and O–H groups in total. The van der Waals surface area contributed by atoms with E-state index < -0.39 is 0 Å². The van der Waals surface area contributed by atoms with Gasteiger partial charge < -0.3 is 10.2 Å². The summed E-state index contributed by atoms with van der Waals surface area (Å²) < 4.78 is 0. The van der Waals surface area contributed by atoms with Crippen LogP contribution in [-0.2, 0) is 0 Å². The average molecular weight is 116 g/mol. The standard InChI is InChI=1S/C6H16N2/c1-6(7-2)5-8(3)4/h6-7H,5H2,1-4H3/t6-/m1/s1. The van der Waals surface area contributed by atoms with Crippen molar-refractivity contribution in [2.24, 2.45) is 0 Å². The Morgan fingerprint density at radius 1 is 1.50 bits per heavy atom. The highest BCUT2D eigenvalue weighted by Crippen LogP contribution is 1.80. The van der Waals surface area contributed by atoms with Crippen LogP contribution in [0.1, 0.15) is 6.92 Å². The molecule has 0 fully saturated rings. The minimum atomic E-state index is 0.602. The van der Waals surface area contributed by atoms with E-state index in [1.807, 2.05) is 7.05 Å². The molecule has 8 heavy (non-hydrogen) atoms. The zero-order chi connectivity index (χ0) is 6.57. The molecule has 0 bridgehead atoms. The molecule has 0 spiro atoms. The minimum absolute atomic E-state index is 0.602. The number of hydrogen-bond donors (Lipinski definition) is 1. The van der Waals surface area contributed by atoms with Gasteiger partial charge in [-0.3, -0.25) is 0 Å². The van der Waals surface area contributed by atoms with Crippen molar-refractivity contribution in [2.45, 2.75) is 13.0 Å². The molecule has 0 aliphatic carbocycles. The zero-order valence-corrected chi connectivity index (χ0v) is 6.23. The molecule has 0 aliphatic rings. The molecule has 0 amide bonds. The SMILES string of the molecule is CN[C@H](C)CN(C)C. The van der Waals surface area contributed by atoms with Crippen molar-refractivity contribution in [3.8, 4) is 0 Å². The predicted molar refractivity (Wildman–Crippen MR) is 37.1 cm³/mol. The number of nitrogens with zero attached hydrogens (tertiary/aromatic N) is 1. The molecule has 0 radical (unpaired) electrons. The van der Waals surface area contributed by atoms with Gasteiger partial charge in [-0.1, -0.05) is 0 Å². The van der Waals surface area contributed by atoms with Gasteiger partial charge in [-0.2, -0.15) is 0 Å². The van der Waals surface area contributed by atoms with Gasteiger partial charge in [0.2, 0.25) is 0 Å². The molecule has 0 aliphatic heterocycles. The molecule has 50 valence electrons. The van der Waals surface area contributed by atoms with Gasteiger partial charge in [-0.15, -0.1) is 0 Å². The number of rotatable bonds is 3. The van der Waals surface area contributed by atoms with Crippen molar-refractivity contribution in [3.05, 3.63) is 0 Å². The van der Waals surface area contributed by atoms with E-state index in [0.717, 1.165) is 6.54 Å². The first kappa shape index (κ1) is 7.92. The van der Waals surface area contributed by atoms with Crippen LogP contribution in [0, 0.1) is 0 Å². The van der Waals surface area contributed by atoms with E-state index in [0.29, 0.717) is 6.04 Å². The Bertz CT molecular complexity index is 52.5. The second kappa shape index (κ2) is 3.87. The lowest BCUT2D eigenvalue weighted by atomic mass is 10.3. The normalized spacial score (nSPS) is 14.6. The molecular weight excluding hydrogens is 100 g/mol. The maximum Gasteiger partial charge on any atom is 0.0163 e. The van der Waals surface area contributed by atoms with E-state index in [-0.39, 0.29) is 0 Å². The first-order chi connectivity index (χ1) is 3.66. The van der Waals surface area contributed by atoms with Crippen molar-refractivity contribution in [1.29, 1.82) is 0 Å². The van der Waals surface area contributed by atoms with E-state index in [1.54, 1.807) is 0 Å². The van der Waals surface area contributed by atoms with Crippen molar-refractivity contribution < 1.29 is 0 Å². The number of nitrogens with one attached hydrogen (secondary N) is 1. The Morgan fingerprint density at radius 2 is 2.00 bits per heavy atom. The third-order valence-corrected chi connectivity index (χ3v) is 1.13. The van der Waals surface area contributed by atoms with Gasteiger partial charge in [0.25, 0.3) is 0 Å². The summed E-state index contributed by atoms with van der Waals surface area (Å²) in [6.07, 6.45) is 0. The van der Waals surface area contributed by atoms with Gasteiger partial charge in [-0.25, -0.2) is 0 Å². The van der Waals surface area contributed by atoms with Crippen LogP contribution in [0.3, 0.4) is 0 Å². The molecule has 0 rings (SSSR count). The third-order valence-electron chi connectivity index (χ3n) is 1.13. The summed E-state index contributed by atoms with van der Waals surface area (Å²) in [5, 5.41) is 3.15. The average Bonchev–Trinajstić information content (AvgIpc) is 1.65. The van der Waals surface area contributed by atoms with E-state index in [2.05, 4.69) is 31.2 Å². The summed E-state index contributed by atoms with van der Waals surface area (Å²) >= 11 is 0.